The van der Waals surface area contributed by atoms with Crippen molar-refractivity contribution in [2.24, 2.45) is 0 Å². The van der Waals surface area contributed by atoms with Crippen molar-refractivity contribution in [1.82, 2.24) is 10.3 Å². The second-order valence-electron chi connectivity index (χ2n) is 3.12. The van der Waals surface area contributed by atoms with Crippen LogP contribution in [0.4, 0.5) is 0 Å². The normalized spacial score (nSPS) is 22.8. The van der Waals surface area contributed by atoms with Crippen molar-refractivity contribution in [2.45, 2.75) is 18.9 Å². The zero-order chi connectivity index (χ0) is 8.39. The number of hydrogen-bond acceptors (Lipinski definition) is 2. The van der Waals surface area contributed by atoms with Crippen molar-refractivity contribution in [3.05, 3.63) is 34.2 Å². The Balaban J connectivity index is 2.27. The van der Waals surface area contributed by atoms with Gasteiger partial charge in [0.15, 0.2) is 0 Å². The summed E-state index contributed by atoms with van der Waals surface area (Å²) in [4.78, 5) is 13.8. The van der Waals surface area contributed by atoms with Crippen LogP contribution >= 0.6 is 0 Å². The van der Waals surface area contributed by atoms with Crippen molar-refractivity contribution < 1.29 is 0 Å². The minimum Gasteiger partial charge on any atom is -0.325 e. The van der Waals surface area contributed by atoms with Crippen LogP contribution in [0.5, 0.6) is 0 Å². The fourth-order valence-electron chi connectivity index (χ4n) is 1.62. The highest BCUT2D eigenvalue weighted by Gasteiger charge is 2.15. The number of pyridine rings is 1. The Kier molecular flexibility index (Phi) is 1.96. The van der Waals surface area contributed by atoms with Gasteiger partial charge in [0, 0.05) is 17.8 Å². The Labute approximate surface area is 70.8 Å². The zero-order valence-corrected chi connectivity index (χ0v) is 6.84. The summed E-state index contributed by atoms with van der Waals surface area (Å²) in [6.07, 6.45) is 2.32. The molecule has 1 atom stereocenters. The van der Waals surface area contributed by atoms with Crippen LogP contribution in [-0.2, 0) is 0 Å². The molecule has 1 unspecified atom stereocenters. The maximum Gasteiger partial charge on any atom is 0.248 e. The summed E-state index contributed by atoms with van der Waals surface area (Å²) >= 11 is 0. The van der Waals surface area contributed by atoms with E-state index in [9.17, 15) is 4.79 Å². The zero-order valence-electron chi connectivity index (χ0n) is 6.84. The predicted molar refractivity (Wildman–Crippen MR) is 47.0 cm³/mol. The van der Waals surface area contributed by atoms with Crippen molar-refractivity contribution in [2.75, 3.05) is 6.54 Å². The van der Waals surface area contributed by atoms with Crippen LogP contribution in [0, 0.1) is 0 Å². The van der Waals surface area contributed by atoms with Gasteiger partial charge in [-0.2, -0.15) is 0 Å². The molecule has 1 fully saturated rings. The number of aromatic nitrogens is 1. The number of aromatic amines is 1. The van der Waals surface area contributed by atoms with Crippen molar-refractivity contribution >= 4 is 0 Å². The van der Waals surface area contributed by atoms with E-state index < -0.39 is 0 Å². The van der Waals surface area contributed by atoms with Crippen LogP contribution in [0.15, 0.2) is 23.0 Å². The lowest BCUT2D eigenvalue weighted by Crippen LogP contribution is -2.17. The van der Waals surface area contributed by atoms with Gasteiger partial charge in [-0.05, 0) is 25.5 Å². The minimum absolute atomic E-state index is 0.0128. The minimum atomic E-state index is -0.0128. The van der Waals surface area contributed by atoms with Gasteiger partial charge in [-0.1, -0.05) is 6.07 Å². The quantitative estimate of drug-likeness (QED) is 0.644. The van der Waals surface area contributed by atoms with Gasteiger partial charge in [0.2, 0.25) is 5.56 Å². The summed E-state index contributed by atoms with van der Waals surface area (Å²) in [7, 11) is 0. The number of hydrogen-bond donors (Lipinski definition) is 2. The van der Waals surface area contributed by atoms with Crippen LogP contribution in [0.1, 0.15) is 24.6 Å². The smallest absolute Gasteiger partial charge is 0.248 e. The van der Waals surface area contributed by atoms with Gasteiger partial charge in [0.05, 0.1) is 0 Å². The highest BCUT2D eigenvalue weighted by atomic mass is 16.1. The number of rotatable bonds is 1. The van der Waals surface area contributed by atoms with E-state index in [1.807, 2.05) is 6.07 Å². The van der Waals surface area contributed by atoms with Crippen molar-refractivity contribution in [1.29, 1.82) is 0 Å². The third kappa shape index (κ3) is 1.41. The van der Waals surface area contributed by atoms with Gasteiger partial charge in [-0.3, -0.25) is 4.79 Å². The summed E-state index contributed by atoms with van der Waals surface area (Å²) in [6, 6.07) is 5.66. The second kappa shape index (κ2) is 3.11. The molecule has 0 saturated carbocycles. The Bertz CT molecular complexity index is 312. The maximum atomic E-state index is 11.0. The molecule has 0 amide bonds. The molecule has 2 rings (SSSR count). The Morgan fingerprint density at radius 2 is 2.33 bits per heavy atom. The monoisotopic (exact) mass is 164 g/mol. The third-order valence-electron chi connectivity index (χ3n) is 2.23. The van der Waals surface area contributed by atoms with E-state index in [1.54, 1.807) is 12.1 Å². The second-order valence-corrected chi connectivity index (χ2v) is 3.12. The molecule has 0 aromatic carbocycles. The van der Waals surface area contributed by atoms with E-state index in [0.29, 0.717) is 6.04 Å². The standard InChI is InChI=1S/C9H12N2O/c12-9-5-1-3-8(11-9)7-4-2-6-10-7/h1,3,5,7,10H,2,4,6H2,(H,11,12). The molecule has 1 aliphatic heterocycles. The first-order chi connectivity index (χ1) is 5.86. The Morgan fingerprint density at radius 3 is 3.00 bits per heavy atom. The molecule has 3 nitrogen and oxygen atoms in total. The summed E-state index contributed by atoms with van der Waals surface area (Å²) in [5.41, 5.74) is 1.00. The van der Waals surface area contributed by atoms with Crippen LogP contribution < -0.4 is 10.9 Å². The molecule has 1 saturated heterocycles. The van der Waals surface area contributed by atoms with Gasteiger partial charge < -0.3 is 10.3 Å². The van der Waals surface area contributed by atoms with E-state index in [-0.39, 0.29) is 5.56 Å². The molecule has 1 aromatic rings. The van der Waals surface area contributed by atoms with E-state index in [2.05, 4.69) is 10.3 Å². The van der Waals surface area contributed by atoms with Crippen LogP contribution in [-0.4, -0.2) is 11.5 Å². The van der Waals surface area contributed by atoms with Crippen LogP contribution in [0.3, 0.4) is 0 Å². The Morgan fingerprint density at radius 1 is 1.42 bits per heavy atom. The van der Waals surface area contributed by atoms with Gasteiger partial charge in [-0.25, -0.2) is 0 Å². The summed E-state index contributed by atoms with van der Waals surface area (Å²) in [6.45, 7) is 1.06. The van der Waals surface area contributed by atoms with Gasteiger partial charge >= 0.3 is 0 Å². The van der Waals surface area contributed by atoms with E-state index in [1.165, 1.54) is 6.42 Å². The van der Waals surface area contributed by atoms with Crippen LogP contribution in [0.25, 0.3) is 0 Å². The van der Waals surface area contributed by atoms with Crippen molar-refractivity contribution in [3.63, 3.8) is 0 Å². The first-order valence-corrected chi connectivity index (χ1v) is 4.29. The average molecular weight is 164 g/mol. The molecule has 64 valence electrons. The SMILES string of the molecule is O=c1cccc(C2CCCN2)[nH]1. The largest absolute Gasteiger partial charge is 0.325 e. The number of H-pyrrole nitrogens is 1. The molecule has 12 heavy (non-hydrogen) atoms. The first-order valence-electron chi connectivity index (χ1n) is 4.29. The fraction of sp³-hybridized carbons (Fsp3) is 0.444. The molecule has 3 heteroatoms. The molecule has 0 radical (unpaired) electrons. The van der Waals surface area contributed by atoms with E-state index in [4.69, 9.17) is 0 Å². The molecule has 2 N–H and O–H groups in total. The molecule has 1 aromatic heterocycles. The molecular weight excluding hydrogens is 152 g/mol. The maximum absolute atomic E-state index is 11.0. The third-order valence-corrected chi connectivity index (χ3v) is 2.23. The molecule has 0 spiro atoms. The fourth-order valence-corrected chi connectivity index (χ4v) is 1.62. The van der Waals surface area contributed by atoms with E-state index >= 15 is 0 Å². The lowest BCUT2D eigenvalue weighted by Gasteiger charge is -2.08. The van der Waals surface area contributed by atoms with E-state index in [0.717, 1.165) is 18.7 Å². The molecule has 0 bridgehead atoms. The number of nitrogens with one attached hydrogen (secondary N) is 2. The van der Waals surface area contributed by atoms with Crippen LogP contribution in [0.2, 0.25) is 0 Å². The Hall–Kier alpha value is -1.09. The lowest BCUT2D eigenvalue weighted by molar-refractivity contribution is 0.625. The van der Waals surface area contributed by atoms with Crippen molar-refractivity contribution in [3.8, 4) is 0 Å². The topological polar surface area (TPSA) is 44.9 Å². The summed E-state index contributed by atoms with van der Waals surface area (Å²) in [5.74, 6) is 0. The van der Waals surface area contributed by atoms with Gasteiger partial charge in [-0.15, -0.1) is 0 Å². The molecule has 2 heterocycles. The van der Waals surface area contributed by atoms with Gasteiger partial charge in [0.25, 0.3) is 0 Å². The molecule has 0 aliphatic carbocycles. The molecular formula is C9H12N2O. The highest BCUT2D eigenvalue weighted by Crippen LogP contribution is 2.19. The average Bonchev–Trinajstić information content (AvgIpc) is 2.56. The predicted octanol–water partition coefficient (Wildman–Crippen LogP) is 0.799. The van der Waals surface area contributed by atoms with Gasteiger partial charge in [0.1, 0.15) is 0 Å². The summed E-state index contributed by atoms with van der Waals surface area (Å²) < 4.78 is 0. The molecule has 1 aliphatic rings. The highest BCUT2D eigenvalue weighted by molar-refractivity contribution is 5.09. The lowest BCUT2D eigenvalue weighted by atomic mass is 10.1. The first kappa shape index (κ1) is 7.55. The summed E-state index contributed by atoms with van der Waals surface area (Å²) in [5, 5.41) is 3.33.